The number of allylic oxidation sites excluding steroid dienone is 1. The molecule has 0 bridgehead atoms. The van der Waals surface area contributed by atoms with Crippen LogP contribution in [0.15, 0.2) is 48.1 Å². The Morgan fingerprint density at radius 2 is 2.06 bits per heavy atom. The lowest BCUT2D eigenvalue weighted by atomic mass is 9.96. The SMILES string of the molecule is C=CCn1c(SCC(=O)Nc2sc3c(c2C#N)CCCC3)nnc1[C@H](C)NC(=O)c1ccccc1. The third-order valence-electron chi connectivity index (χ3n) is 5.70. The molecule has 2 N–H and O–H groups in total. The van der Waals surface area contributed by atoms with Gasteiger partial charge in [0.05, 0.1) is 17.4 Å². The first-order valence-corrected chi connectivity index (χ1v) is 13.2. The minimum absolute atomic E-state index is 0.119. The van der Waals surface area contributed by atoms with Crippen molar-refractivity contribution in [2.75, 3.05) is 11.1 Å². The molecule has 3 aromatic rings. The Hall–Kier alpha value is -3.42. The summed E-state index contributed by atoms with van der Waals surface area (Å²) in [5.41, 5.74) is 2.25. The van der Waals surface area contributed by atoms with Crippen LogP contribution in [0.5, 0.6) is 0 Å². The molecule has 0 fully saturated rings. The van der Waals surface area contributed by atoms with Gasteiger partial charge >= 0.3 is 0 Å². The monoisotopic (exact) mass is 506 g/mol. The van der Waals surface area contributed by atoms with Crippen molar-refractivity contribution < 1.29 is 9.59 Å². The summed E-state index contributed by atoms with van der Waals surface area (Å²) in [6, 6.07) is 10.8. The predicted octanol–water partition coefficient (Wildman–Crippen LogP) is 4.50. The van der Waals surface area contributed by atoms with Gasteiger partial charge in [0.2, 0.25) is 5.91 Å². The van der Waals surface area contributed by atoms with E-state index in [0.717, 1.165) is 31.2 Å². The summed E-state index contributed by atoms with van der Waals surface area (Å²) in [5.74, 6) is 0.291. The summed E-state index contributed by atoms with van der Waals surface area (Å²) < 4.78 is 1.84. The van der Waals surface area contributed by atoms with Crippen LogP contribution in [0.3, 0.4) is 0 Å². The van der Waals surface area contributed by atoms with Crippen molar-refractivity contribution >= 4 is 39.9 Å². The average Bonchev–Trinajstić information content (AvgIpc) is 3.43. The summed E-state index contributed by atoms with van der Waals surface area (Å²) in [6.07, 6.45) is 5.77. The van der Waals surface area contributed by atoms with Crippen LogP contribution in [0, 0.1) is 11.3 Å². The summed E-state index contributed by atoms with van der Waals surface area (Å²) in [4.78, 5) is 26.5. The van der Waals surface area contributed by atoms with E-state index in [9.17, 15) is 14.9 Å². The second kappa shape index (κ2) is 11.3. The lowest BCUT2D eigenvalue weighted by Crippen LogP contribution is -2.28. The smallest absolute Gasteiger partial charge is 0.251 e. The van der Waals surface area contributed by atoms with Crippen LogP contribution in [0.1, 0.15) is 58.0 Å². The third kappa shape index (κ3) is 5.63. The number of nitrogens with one attached hydrogen (secondary N) is 2. The van der Waals surface area contributed by atoms with Crippen molar-refractivity contribution in [3.8, 4) is 6.07 Å². The zero-order chi connectivity index (χ0) is 24.8. The lowest BCUT2D eigenvalue weighted by molar-refractivity contribution is -0.113. The highest BCUT2D eigenvalue weighted by Gasteiger charge is 2.23. The molecule has 1 aliphatic rings. The highest BCUT2D eigenvalue weighted by Crippen LogP contribution is 2.37. The molecule has 0 saturated heterocycles. The standard InChI is InChI=1S/C25H26N6O2S2/c1-3-13-31-22(16(2)27-23(33)17-9-5-4-6-10-17)29-30-25(31)34-15-21(32)28-24-19(14-26)18-11-7-8-12-20(18)35-24/h3-6,9-10,16H,1,7-8,11-13,15H2,2H3,(H,27,33)(H,28,32)/t16-/m0/s1. The fourth-order valence-corrected chi connectivity index (χ4v) is 6.04. The molecular formula is C25H26N6O2S2. The number of amides is 2. The number of carbonyl (C=O) groups excluding carboxylic acids is 2. The Morgan fingerprint density at radius 1 is 1.29 bits per heavy atom. The molecule has 10 heteroatoms. The maximum absolute atomic E-state index is 12.7. The van der Waals surface area contributed by atoms with Crippen LogP contribution in [0.4, 0.5) is 5.00 Å². The Morgan fingerprint density at radius 3 is 2.80 bits per heavy atom. The van der Waals surface area contributed by atoms with Crippen LogP contribution in [0.2, 0.25) is 0 Å². The third-order valence-corrected chi connectivity index (χ3v) is 7.87. The largest absolute Gasteiger partial charge is 0.342 e. The second-order valence-corrected chi connectivity index (χ2v) is 10.2. The van der Waals surface area contributed by atoms with Gasteiger partial charge in [-0.05, 0) is 50.3 Å². The molecular weight excluding hydrogens is 480 g/mol. The van der Waals surface area contributed by atoms with Crippen LogP contribution < -0.4 is 10.6 Å². The zero-order valence-electron chi connectivity index (χ0n) is 19.4. The van der Waals surface area contributed by atoms with E-state index in [4.69, 9.17) is 0 Å². The van der Waals surface area contributed by atoms with Crippen molar-refractivity contribution in [2.45, 2.75) is 50.4 Å². The van der Waals surface area contributed by atoms with Gasteiger partial charge in [-0.1, -0.05) is 36.0 Å². The van der Waals surface area contributed by atoms with Crippen molar-refractivity contribution in [3.05, 3.63) is 70.4 Å². The van der Waals surface area contributed by atoms with E-state index in [1.54, 1.807) is 18.2 Å². The Bertz CT molecular complexity index is 1280. The van der Waals surface area contributed by atoms with Gasteiger partial charge in [-0.3, -0.25) is 9.59 Å². The van der Waals surface area contributed by atoms with Gasteiger partial charge in [0.1, 0.15) is 11.1 Å². The van der Waals surface area contributed by atoms with Crippen molar-refractivity contribution in [1.29, 1.82) is 5.26 Å². The van der Waals surface area contributed by atoms with E-state index in [2.05, 4.69) is 33.5 Å². The van der Waals surface area contributed by atoms with Gasteiger partial charge in [-0.2, -0.15) is 5.26 Å². The molecule has 2 heterocycles. The summed E-state index contributed by atoms with van der Waals surface area (Å²) in [6.45, 7) is 6.09. The molecule has 0 radical (unpaired) electrons. The zero-order valence-corrected chi connectivity index (χ0v) is 21.0. The molecule has 1 aromatic carbocycles. The predicted molar refractivity (Wildman–Crippen MR) is 138 cm³/mol. The molecule has 0 aliphatic heterocycles. The van der Waals surface area contributed by atoms with Crippen LogP contribution in [-0.2, 0) is 24.2 Å². The Labute approximate surface area is 212 Å². The Balaban J connectivity index is 1.42. The first-order chi connectivity index (χ1) is 17.0. The maximum Gasteiger partial charge on any atom is 0.251 e. The number of hydrogen-bond donors (Lipinski definition) is 2. The van der Waals surface area contributed by atoms with Gasteiger partial charge in [0.25, 0.3) is 5.91 Å². The van der Waals surface area contributed by atoms with Gasteiger partial charge in [-0.15, -0.1) is 28.1 Å². The summed E-state index contributed by atoms with van der Waals surface area (Å²) in [5, 5.41) is 25.2. The second-order valence-electron chi connectivity index (χ2n) is 8.16. The van der Waals surface area contributed by atoms with Crippen molar-refractivity contribution in [3.63, 3.8) is 0 Å². The highest BCUT2D eigenvalue weighted by molar-refractivity contribution is 7.99. The molecule has 2 aromatic heterocycles. The minimum Gasteiger partial charge on any atom is -0.342 e. The fourth-order valence-electron chi connectivity index (χ4n) is 4.03. The molecule has 180 valence electrons. The highest BCUT2D eigenvalue weighted by atomic mass is 32.2. The molecule has 1 aliphatic carbocycles. The molecule has 35 heavy (non-hydrogen) atoms. The normalized spacial score (nSPS) is 13.4. The summed E-state index contributed by atoms with van der Waals surface area (Å²) >= 11 is 2.76. The lowest BCUT2D eigenvalue weighted by Gasteiger charge is -2.15. The summed E-state index contributed by atoms with van der Waals surface area (Å²) in [7, 11) is 0. The van der Waals surface area contributed by atoms with E-state index < -0.39 is 6.04 Å². The number of aromatic nitrogens is 3. The van der Waals surface area contributed by atoms with E-state index in [-0.39, 0.29) is 17.6 Å². The number of fused-ring (bicyclic) bond motifs is 1. The van der Waals surface area contributed by atoms with Gasteiger partial charge in [-0.25, -0.2) is 0 Å². The molecule has 0 spiro atoms. The number of rotatable bonds is 9. The molecule has 8 nitrogen and oxygen atoms in total. The van der Waals surface area contributed by atoms with Crippen molar-refractivity contribution in [2.24, 2.45) is 0 Å². The number of aryl methyl sites for hydroxylation is 1. The molecule has 1 atom stereocenters. The van der Waals surface area contributed by atoms with E-state index in [0.29, 0.717) is 33.7 Å². The maximum atomic E-state index is 12.7. The number of thiophene rings is 1. The van der Waals surface area contributed by atoms with E-state index in [1.807, 2.05) is 29.7 Å². The minimum atomic E-state index is -0.394. The van der Waals surface area contributed by atoms with Crippen LogP contribution in [0.25, 0.3) is 0 Å². The fraction of sp³-hybridized carbons (Fsp3) is 0.320. The van der Waals surface area contributed by atoms with Gasteiger partial charge in [0, 0.05) is 17.0 Å². The number of nitrogens with zero attached hydrogens (tertiary/aromatic N) is 4. The number of carbonyl (C=O) groups is 2. The first kappa shape index (κ1) is 24.7. The van der Waals surface area contributed by atoms with Gasteiger partial charge < -0.3 is 15.2 Å². The quantitative estimate of drug-likeness (QED) is 0.326. The number of anilines is 1. The number of thioether (sulfide) groups is 1. The molecule has 2 amide bonds. The molecule has 0 unspecified atom stereocenters. The van der Waals surface area contributed by atoms with Crippen molar-refractivity contribution in [1.82, 2.24) is 20.1 Å². The first-order valence-electron chi connectivity index (χ1n) is 11.4. The average molecular weight is 507 g/mol. The van der Waals surface area contributed by atoms with Gasteiger partial charge in [0.15, 0.2) is 11.0 Å². The number of nitriles is 1. The van der Waals surface area contributed by atoms with E-state index in [1.165, 1.54) is 28.0 Å². The van der Waals surface area contributed by atoms with E-state index >= 15 is 0 Å². The Kier molecular flexibility index (Phi) is 8.00. The topological polar surface area (TPSA) is 113 Å². The molecule has 0 saturated carbocycles. The molecule has 4 rings (SSSR count). The van der Waals surface area contributed by atoms with Crippen LogP contribution >= 0.6 is 23.1 Å². The number of hydrogen-bond acceptors (Lipinski definition) is 7. The number of benzene rings is 1. The van der Waals surface area contributed by atoms with Crippen LogP contribution in [-0.4, -0.2) is 32.3 Å².